The SMILES string of the molecule is CN1CCC(c2ccc(N)c3c2CCO3)CC1. The molecule has 2 heterocycles. The Morgan fingerprint density at radius 1 is 1.29 bits per heavy atom. The van der Waals surface area contributed by atoms with E-state index in [0.29, 0.717) is 5.92 Å². The number of fused-ring (bicyclic) bond motifs is 1. The largest absolute Gasteiger partial charge is 0.491 e. The van der Waals surface area contributed by atoms with Gasteiger partial charge in [0.15, 0.2) is 0 Å². The van der Waals surface area contributed by atoms with E-state index in [0.717, 1.165) is 24.5 Å². The summed E-state index contributed by atoms with van der Waals surface area (Å²) in [7, 11) is 2.20. The molecule has 3 rings (SSSR count). The molecule has 3 heteroatoms. The van der Waals surface area contributed by atoms with Gasteiger partial charge in [-0.15, -0.1) is 0 Å². The zero-order valence-electron chi connectivity index (χ0n) is 10.4. The van der Waals surface area contributed by atoms with Crippen LogP contribution in [-0.2, 0) is 6.42 Å². The number of anilines is 1. The molecule has 92 valence electrons. The molecular formula is C14H20N2O. The van der Waals surface area contributed by atoms with Crippen LogP contribution in [0, 0.1) is 0 Å². The molecule has 0 spiro atoms. The van der Waals surface area contributed by atoms with Crippen molar-refractivity contribution < 1.29 is 4.74 Å². The summed E-state index contributed by atoms with van der Waals surface area (Å²) in [6.07, 6.45) is 3.54. The van der Waals surface area contributed by atoms with E-state index in [4.69, 9.17) is 10.5 Å². The molecule has 2 aliphatic rings. The number of rotatable bonds is 1. The Bertz CT molecular complexity index is 422. The Hall–Kier alpha value is -1.22. The van der Waals surface area contributed by atoms with Crippen LogP contribution in [-0.4, -0.2) is 31.6 Å². The summed E-state index contributed by atoms with van der Waals surface area (Å²) in [6.45, 7) is 3.19. The number of benzene rings is 1. The molecule has 0 aromatic heterocycles. The highest BCUT2D eigenvalue weighted by Crippen LogP contribution is 2.40. The number of ether oxygens (including phenoxy) is 1. The van der Waals surface area contributed by atoms with E-state index in [1.165, 1.54) is 37.1 Å². The number of nitrogens with two attached hydrogens (primary N) is 1. The molecule has 0 radical (unpaired) electrons. The summed E-state index contributed by atoms with van der Waals surface area (Å²) in [4.78, 5) is 2.41. The van der Waals surface area contributed by atoms with Crippen LogP contribution >= 0.6 is 0 Å². The number of hydrogen-bond donors (Lipinski definition) is 1. The van der Waals surface area contributed by atoms with Gasteiger partial charge in [-0.1, -0.05) is 6.07 Å². The summed E-state index contributed by atoms with van der Waals surface area (Å²) < 4.78 is 5.65. The molecule has 0 saturated carbocycles. The van der Waals surface area contributed by atoms with Crippen molar-refractivity contribution in [3.63, 3.8) is 0 Å². The minimum Gasteiger partial charge on any atom is -0.491 e. The van der Waals surface area contributed by atoms with Gasteiger partial charge in [-0.3, -0.25) is 0 Å². The molecule has 0 aliphatic carbocycles. The maximum atomic E-state index is 5.96. The standard InChI is InChI=1S/C14H20N2O/c1-16-7-4-10(5-8-16)11-2-3-13(15)14-12(11)6-9-17-14/h2-3,10H,4-9,15H2,1H3. The molecule has 1 saturated heterocycles. The van der Waals surface area contributed by atoms with Crippen molar-refractivity contribution in [2.24, 2.45) is 0 Å². The number of likely N-dealkylation sites (tertiary alicyclic amines) is 1. The lowest BCUT2D eigenvalue weighted by Crippen LogP contribution is -2.29. The highest BCUT2D eigenvalue weighted by molar-refractivity contribution is 5.61. The second kappa shape index (κ2) is 4.22. The van der Waals surface area contributed by atoms with Crippen LogP contribution < -0.4 is 10.5 Å². The molecule has 17 heavy (non-hydrogen) atoms. The Labute approximate surface area is 103 Å². The first-order chi connectivity index (χ1) is 8.25. The fourth-order valence-electron chi connectivity index (χ4n) is 3.05. The number of nitrogen functional groups attached to an aromatic ring is 1. The van der Waals surface area contributed by atoms with E-state index in [2.05, 4.69) is 18.0 Å². The van der Waals surface area contributed by atoms with E-state index in [1.807, 2.05) is 6.07 Å². The van der Waals surface area contributed by atoms with Crippen molar-refractivity contribution in [2.75, 3.05) is 32.5 Å². The Morgan fingerprint density at radius 2 is 2.06 bits per heavy atom. The van der Waals surface area contributed by atoms with E-state index < -0.39 is 0 Å². The van der Waals surface area contributed by atoms with Crippen molar-refractivity contribution in [1.82, 2.24) is 4.90 Å². The molecule has 0 atom stereocenters. The number of hydrogen-bond acceptors (Lipinski definition) is 3. The van der Waals surface area contributed by atoms with Crippen molar-refractivity contribution in [3.05, 3.63) is 23.3 Å². The summed E-state index contributed by atoms with van der Waals surface area (Å²) in [5, 5.41) is 0. The minimum atomic E-state index is 0.697. The molecule has 0 bridgehead atoms. The summed E-state index contributed by atoms with van der Waals surface area (Å²) in [5.74, 6) is 1.66. The first kappa shape index (κ1) is 10.9. The van der Waals surface area contributed by atoms with Gasteiger partial charge in [0.05, 0.1) is 12.3 Å². The Kier molecular flexibility index (Phi) is 2.71. The fourth-order valence-corrected chi connectivity index (χ4v) is 3.05. The van der Waals surface area contributed by atoms with Crippen LogP contribution in [0.3, 0.4) is 0 Å². The summed E-state index contributed by atoms with van der Waals surface area (Å²) in [6, 6.07) is 4.23. The van der Waals surface area contributed by atoms with Gasteiger partial charge in [0.1, 0.15) is 5.75 Å². The molecule has 1 fully saturated rings. The first-order valence-electron chi connectivity index (χ1n) is 6.48. The zero-order chi connectivity index (χ0) is 11.8. The van der Waals surface area contributed by atoms with Crippen LogP contribution in [0.25, 0.3) is 0 Å². The lowest BCUT2D eigenvalue weighted by Gasteiger charge is -2.30. The van der Waals surface area contributed by atoms with Crippen molar-refractivity contribution in [1.29, 1.82) is 0 Å². The highest BCUT2D eigenvalue weighted by Gasteiger charge is 2.25. The van der Waals surface area contributed by atoms with Gasteiger partial charge in [0.2, 0.25) is 0 Å². The predicted octanol–water partition coefficient (Wildman–Crippen LogP) is 2.01. The molecule has 0 amide bonds. The van der Waals surface area contributed by atoms with Crippen LogP contribution in [0.5, 0.6) is 5.75 Å². The van der Waals surface area contributed by atoms with Crippen molar-refractivity contribution >= 4 is 5.69 Å². The van der Waals surface area contributed by atoms with Crippen LogP contribution in [0.1, 0.15) is 29.9 Å². The second-order valence-corrected chi connectivity index (χ2v) is 5.23. The van der Waals surface area contributed by atoms with Gasteiger partial charge in [-0.05, 0) is 50.5 Å². The quantitative estimate of drug-likeness (QED) is 0.753. The normalized spacial score (nSPS) is 21.2. The highest BCUT2D eigenvalue weighted by atomic mass is 16.5. The van der Waals surface area contributed by atoms with Crippen LogP contribution in [0.2, 0.25) is 0 Å². The molecule has 3 nitrogen and oxygen atoms in total. The summed E-state index contributed by atoms with van der Waals surface area (Å²) >= 11 is 0. The maximum absolute atomic E-state index is 5.96. The summed E-state index contributed by atoms with van der Waals surface area (Å²) in [5.41, 5.74) is 9.62. The third-order valence-corrected chi connectivity index (χ3v) is 4.08. The monoisotopic (exact) mass is 232 g/mol. The van der Waals surface area contributed by atoms with Gasteiger partial charge in [-0.25, -0.2) is 0 Å². The maximum Gasteiger partial charge on any atom is 0.145 e. The third kappa shape index (κ3) is 1.89. The Balaban J connectivity index is 1.91. The average molecular weight is 232 g/mol. The molecular weight excluding hydrogens is 212 g/mol. The molecule has 2 aliphatic heterocycles. The second-order valence-electron chi connectivity index (χ2n) is 5.23. The lowest BCUT2D eigenvalue weighted by molar-refractivity contribution is 0.255. The van der Waals surface area contributed by atoms with Gasteiger partial charge < -0.3 is 15.4 Å². The average Bonchev–Trinajstić information content (AvgIpc) is 2.81. The van der Waals surface area contributed by atoms with Gasteiger partial charge in [0.25, 0.3) is 0 Å². The fraction of sp³-hybridized carbons (Fsp3) is 0.571. The van der Waals surface area contributed by atoms with E-state index >= 15 is 0 Å². The van der Waals surface area contributed by atoms with Gasteiger partial charge >= 0.3 is 0 Å². The van der Waals surface area contributed by atoms with E-state index in [9.17, 15) is 0 Å². The number of piperidine rings is 1. The van der Waals surface area contributed by atoms with Gasteiger partial charge in [0, 0.05) is 12.0 Å². The zero-order valence-corrected chi connectivity index (χ0v) is 10.4. The van der Waals surface area contributed by atoms with E-state index in [-0.39, 0.29) is 0 Å². The molecule has 0 unspecified atom stereocenters. The van der Waals surface area contributed by atoms with Crippen LogP contribution in [0.15, 0.2) is 12.1 Å². The van der Waals surface area contributed by atoms with Crippen molar-refractivity contribution in [2.45, 2.75) is 25.2 Å². The van der Waals surface area contributed by atoms with Crippen LogP contribution in [0.4, 0.5) is 5.69 Å². The van der Waals surface area contributed by atoms with E-state index in [1.54, 1.807) is 0 Å². The minimum absolute atomic E-state index is 0.697. The topological polar surface area (TPSA) is 38.5 Å². The Morgan fingerprint density at radius 3 is 2.82 bits per heavy atom. The lowest BCUT2D eigenvalue weighted by atomic mass is 9.85. The molecule has 2 N–H and O–H groups in total. The van der Waals surface area contributed by atoms with Gasteiger partial charge in [-0.2, -0.15) is 0 Å². The smallest absolute Gasteiger partial charge is 0.145 e. The third-order valence-electron chi connectivity index (χ3n) is 4.08. The molecule has 1 aromatic rings. The first-order valence-corrected chi connectivity index (χ1v) is 6.48. The number of nitrogens with zero attached hydrogens (tertiary/aromatic N) is 1. The van der Waals surface area contributed by atoms with Crippen molar-refractivity contribution in [3.8, 4) is 5.75 Å². The molecule has 1 aromatic carbocycles. The predicted molar refractivity (Wildman–Crippen MR) is 69.5 cm³/mol.